The van der Waals surface area contributed by atoms with E-state index in [2.05, 4.69) is 10.3 Å². The molecule has 0 bridgehead atoms. The minimum Gasteiger partial charge on any atom is -0.496 e. The Balaban J connectivity index is 1.54. The number of ether oxygens (including phenoxy) is 1. The van der Waals surface area contributed by atoms with E-state index < -0.39 is 0 Å². The van der Waals surface area contributed by atoms with E-state index >= 15 is 0 Å². The number of benzene rings is 4. The van der Waals surface area contributed by atoms with Gasteiger partial charge in [-0.2, -0.15) is 5.10 Å². The van der Waals surface area contributed by atoms with E-state index in [4.69, 9.17) is 33.7 Å². The molecule has 6 nitrogen and oxygen atoms in total. The van der Waals surface area contributed by atoms with E-state index in [1.54, 1.807) is 18.2 Å². The number of halogens is 1. The van der Waals surface area contributed by atoms with E-state index in [1.807, 2.05) is 97.1 Å². The number of aromatic nitrogens is 1. The number of pyridine rings is 1. The van der Waals surface area contributed by atoms with Crippen molar-refractivity contribution >= 4 is 51.2 Å². The third-order valence-electron chi connectivity index (χ3n) is 6.97. The molecule has 0 unspecified atom stereocenters. The molecule has 1 atom stereocenters. The number of anilines is 1. The van der Waals surface area contributed by atoms with Gasteiger partial charge in [-0.05, 0) is 54.2 Å². The number of hydrazone groups is 1. The van der Waals surface area contributed by atoms with Crippen LogP contribution in [0.3, 0.4) is 0 Å². The van der Waals surface area contributed by atoms with Crippen molar-refractivity contribution in [3.8, 4) is 16.9 Å². The van der Waals surface area contributed by atoms with Crippen LogP contribution in [-0.2, 0) is 0 Å². The number of rotatable bonds is 5. The molecule has 1 aromatic heterocycles. The van der Waals surface area contributed by atoms with Gasteiger partial charge in [0.15, 0.2) is 5.11 Å². The van der Waals surface area contributed by atoms with Crippen LogP contribution in [0.4, 0.5) is 5.69 Å². The fourth-order valence-corrected chi connectivity index (χ4v) is 5.64. The number of nitrogens with one attached hydrogen (secondary N) is 2. The van der Waals surface area contributed by atoms with Crippen molar-refractivity contribution in [3.05, 3.63) is 130 Å². The van der Waals surface area contributed by atoms with Gasteiger partial charge < -0.3 is 15.0 Å². The predicted octanol–water partition coefficient (Wildman–Crippen LogP) is 7.41. The molecule has 0 fully saturated rings. The van der Waals surface area contributed by atoms with Crippen LogP contribution < -0.4 is 15.6 Å². The molecule has 0 spiro atoms. The van der Waals surface area contributed by atoms with Gasteiger partial charge in [0.25, 0.3) is 5.56 Å². The monoisotopic (exact) mass is 564 g/mol. The zero-order chi connectivity index (χ0) is 27.6. The Morgan fingerprint density at radius 2 is 1.68 bits per heavy atom. The maximum absolute atomic E-state index is 13.8. The van der Waals surface area contributed by atoms with E-state index in [0.29, 0.717) is 33.3 Å². The molecule has 40 heavy (non-hydrogen) atoms. The summed E-state index contributed by atoms with van der Waals surface area (Å²) in [6.45, 7) is 0. The Morgan fingerprint density at radius 3 is 2.42 bits per heavy atom. The Bertz CT molecular complexity index is 1810. The first-order valence-electron chi connectivity index (χ1n) is 12.8. The summed E-state index contributed by atoms with van der Waals surface area (Å²) in [4.78, 5) is 16.8. The van der Waals surface area contributed by atoms with Crippen molar-refractivity contribution in [1.82, 2.24) is 9.99 Å². The van der Waals surface area contributed by atoms with E-state index in [0.717, 1.165) is 33.5 Å². The summed E-state index contributed by atoms with van der Waals surface area (Å²) in [6.07, 6.45) is 0.436. The normalized spacial score (nSPS) is 14.7. The fourth-order valence-electron chi connectivity index (χ4n) is 5.18. The lowest BCUT2D eigenvalue weighted by Crippen LogP contribution is -2.31. The molecule has 2 N–H and O–H groups in total. The van der Waals surface area contributed by atoms with Gasteiger partial charge in [-0.3, -0.25) is 4.79 Å². The second-order valence-corrected chi connectivity index (χ2v) is 10.2. The molecule has 1 aliphatic rings. The van der Waals surface area contributed by atoms with E-state index in [-0.39, 0.29) is 11.6 Å². The van der Waals surface area contributed by atoms with Crippen molar-refractivity contribution in [2.75, 3.05) is 12.4 Å². The van der Waals surface area contributed by atoms with Crippen molar-refractivity contribution in [3.63, 3.8) is 0 Å². The van der Waals surface area contributed by atoms with Gasteiger partial charge in [-0.25, -0.2) is 5.01 Å². The average molecular weight is 565 g/mol. The highest BCUT2D eigenvalue weighted by Gasteiger charge is 2.35. The van der Waals surface area contributed by atoms with Gasteiger partial charge in [0.05, 0.1) is 24.4 Å². The first-order valence-corrected chi connectivity index (χ1v) is 13.6. The van der Waals surface area contributed by atoms with Crippen LogP contribution >= 0.6 is 23.8 Å². The molecular weight excluding hydrogens is 540 g/mol. The molecule has 0 radical (unpaired) electrons. The second-order valence-electron chi connectivity index (χ2n) is 9.41. The number of nitrogens with zero attached hydrogens (tertiary/aromatic N) is 2. The van der Waals surface area contributed by atoms with Crippen LogP contribution in [0.2, 0.25) is 5.02 Å². The van der Waals surface area contributed by atoms with Gasteiger partial charge in [-0.1, -0.05) is 78.3 Å². The minimum absolute atomic E-state index is 0.227. The largest absolute Gasteiger partial charge is 0.496 e. The molecule has 1 aliphatic heterocycles. The summed E-state index contributed by atoms with van der Waals surface area (Å²) in [5.74, 6) is 0.721. The minimum atomic E-state index is -0.298. The highest BCUT2D eigenvalue weighted by atomic mass is 35.5. The third kappa shape index (κ3) is 4.85. The molecule has 2 heterocycles. The van der Waals surface area contributed by atoms with Crippen molar-refractivity contribution in [1.29, 1.82) is 0 Å². The molecule has 8 heteroatoms. The van der Waals surface area contributed by atoms with Crippen molar-refractivity contribution in [2.24, 2.45) is 5.10 Å². The van der Waals surface area contributed by atoms with Gasteiger partial charge in [0.1, 0.15) is 5.75 Å². The van der Waals surface area contributed by atoms with Crippen LogP contribution in [-0.4, -0.2) is 27.9 Å². The standard InChI is InChI=1S/C32H25ClN4O2S/c1-39-28-15-9-8-14-23(28)27-19-26(36-37(27)32(40)34-22-12-6-3-7-13-22)30-29(20-10-4-2-5-11-20)24-18-21(33)16-17-25(24)35-31(30)38/h2-18,27H,19H2,1H3,(H,34,40)(H,35,38)/t27-/m1/s1. The number of aromatic amines is 1. The number of fused-ring (bicyclic) bond motifs is 1. The summed E-state index contributed by atoms with van der Waals surface area (Å²) >= 11 is 12.3. The van der Waals surface area contributed by atoms with Gasteiger partial charge in [0, 0.05) is 39.2 Å². The van der Waals surface area contributed by atoms with Crippen LogP contribution in [0.15, 0.2) is 113 Å². The Labute approximate surface area is 241 Å². The number of methoxy groups -OCH3 is 1. The van der Waals surface area contributed by atoms with Gasteiger partial charge in [-0.15, -0.1) is 0 Å². The molecule has 0 aliphatic carbocycles. The van der Waals surface area contributed by atoms with Gasteiger partial charge in [0.2, 0.25) is 0 Å². The van der Waals surface area contributed by atoms with Crippen LogP contribution in [0.5, 0.6) is 5.75 Å². The number of H-pyrrole nitrogens is 1. The fraction of sp³-hybridized carbons (Fsp3) is 0.0938. The zero-order valence-corrected chi connectivity index (χ0v) is 23.2. The first-order chi connectivity index (χ1) is 19.5. The lowest BCUT2D eigenvalue weighted by atomic mass is 9.91. The molecule has 4 aromatic carbocycles. The molecule has 0 amide bonds. The number of hydrogen-bond acceptors (Lipinski definition) is 4. The molecule has 0 saturated carbocycles. The average Bonchev–Trinajstić information content (AvgIpc) is 3.42. The summed E-state index contributed by atoms with van der Waals surface area (Å²) < 4.78 is 5.71. The van der Waals surface area contributed by atoms with E-state index in [1.165, 1.54) is 0 Å². The topological polar surface area (TPSA) is 69.7 Å². The Hall–Kier alpha value is -4.46. The molecular formula is C32H25ClN4O2S. The SMILES string of the molecule is COc1ccccc1[C@H]1CC(c2c(-c3ccccc3)c3cc(Cl)ccc3[nH]c2=O)=NN1C(=S)Nc1ccccc1. The molecule has 198 valence electrons. The number of thiocarbonyl (C=S) groups is 1. The summed E-state index contributed by atoms with van der Waals surface area (Å²) in [5, 5.41) is 11.9. The second kappa shape index (κ2) is 11.0. The molecule has 6 rings (SSSR count). The maximum atomic E-state index is 13.8. The first kappa shape index (κ1) is 25.8. The number of para-hydroxylation sites is 2. The lowest BCUT2D eigenvalue weighted by molar-refractivity contribution is 0.350. The third-order valence-corrected chi connectivity index (χ3v) is 7.49. The highest BCUT2D eigenvalue weighted by Crippen LogP contribution is 2.40. The van der Waals surface area contributed by atoms with Crippen LogP contribution in [0.25, 0.3) is 22.0 Å². The zero-order valence-electron chi connectivity index (χ0n) is 21.6. The Morgan fingerprint density at radius 1 is 0.975 bits per heavy atom. The smallest absolute Gasteiger partial charge is 0.258 e. The van der Waals surface area contributed by atoms with Gasteiger partial charge >= 0.3 is 0 Å². The molecule has 0 saturated heterocycles. The van der Waals surface area contributed by atoms with Crippen molar-refractivity contribution < 1.29 is 4.74 Å². The quantitative estimate of drug-likeness (QED) is 0.218. The van der Waals surface area contributed by atoms with E-state index in [9.17, 15) is 4.79 Å². The maximum Gasteiger partial charge on any atom is 0.258 e. The van der Waals surface area contributed by atoms with Crippen LogP contribution in [0, 0.1) is 0 Å². The molecule has 5 aromatic rings. The highest BCUT2D eigenvalue weighted by molar-refractivity contribution is 7.80. The van der Waals surface area contributed by atoms with Crippen LogP contribution in [0.1, 0.15) is 23.6 Å². The summed E-state index contributed by atoms with van der Waals surface area (Å²) in [7, 11) is 1.64. The Kier molecular flexibility index (Phi) is 7.07. The summed E-state index contributed by atoms with van der Waals surface area (Å²) in [6, 6.07) is 32.5. The van der Waals surface area contributed by atoms with Crippen molar-refractivity contribution in [2.45, 2.75) is 12.5 Å². The predicted molar refractivity (Wildman–Crippen MR) is 166 cm³/mol. The number of hydrogen-bond donors (Lipinski definition) is 2. The lowest BCUT2D eigenvalue weighted by Gasteiger charge is -2.26. The summed E-state index contributed by atoms with van der Waals surface area (Å²) in [5.41, 5.74) is 5.03.